The molecule has 0 aliphatic carbocycles. The van der Waals surface area contributed by atoms with Gasteiger partial charge in [-0.25, -0.2) is 0 Å². The molecule has 2 saturated heterocycles. The second-order valence-corrected chi connectivity index (χ2v) is 7.96. The van der Waals surface area contributed by atoms with Gasteiger partial charge < -0.3 is 20.6 Å². The van der Waals surface area contributed by atoms with Crippen molar-refractivity contribution in [1.82, 2.24) is 20.9 Å². The third-order valence-electron chi connectivity index (χ3n) is 6.03. The van der Waals surface area contributed by atoms with Crippen molar-refractivity contribution in [2.45, 2.75) is 50.4 Å². The van der Waals surface area contributed by atoms with E-state index in [1.807, 2.05) is 18.2 Å². The maximum Gasteiger partial charge on any atom is 0.255 e. The van der Waals surface area contributed by atoms with Crippen LogP contribution in [0, 0.1) is 0 Å². The smallest absolute Gasteiger partial charge is 0.255 e. The van der Waals surface area contributed by atoms with Gasteiger partial charge >= 0.3 is 0 Å². The monoisotopic (exact) mass is 386 g/mol. The van der Waals surface area contributed by atoms with Crippen LogP contribution in [0.3, 0.4) is 0 Å². The molecule has 3 aliphatic rings. The van der Waals surface area contributed by atoms with Gasteiger partial charge in [0.2, 0.25) is 11.8 Å². The highest BCUT2D eigenvalue weighted by molar-refractivity contribution is 6.05. The molecule has 2 fully saturated rings. The van der Waals surface area contributed by atoms with Crippen molar-refractivity contribution < 1.29 is 19.5 Å². The van der Waals surface area contributed by atoms with E-state index in [4.69, 9.17) is 0 Å². The van der Waals surface area contributed by atoms with Crippen molar-refractivity contribution in [2.75, 3.05) is 19.7 Å². The molecular weight excluding hydrogens is 360 g/mol. The molecule has 2 unspecified atom stereocenters. The predicted octanol–water partition coefficient (Wildman–Crippen LogP) is -0.348. The fourth-order valence-corrected chi connectivity index (χ4v) is 4.34. The Morgan fingerprint density at radius 1 is 1.29 bits per heavy atom. The van der Waals surface area contributed by atoms with E-state index in [-0.39, 0.29) is 30.4 Å². The first-order valence-electron chi connectivity index (χ1n) is 9.84. The maximum absolute atomic E-state index is 12.7. The fraction of sp³-hybridized carbons (Fsp3) is 0.550. The van der Waals surface area contributed by atoms with E-state index in [1.54, 1.807) is 4.90 Å². The fourth-order valence-electron chi connectivity index (χ4n) is 4.34. The van der Waals surface area contributed by atoms with E-state index in [2.05, 4.69) is 16.0 Å². The number of rotatable bonds is 5. The first kappa shape index (κ1) is 19.0. The molecule has 2 atom stereocenters. The number of carbonyl (C=O) groups is 3. The van der Waals surface area contributed by atoms with Crippen LogP contribution in [0.1, 0.15) is 47.2 Å². The van der Waals surface area contributed by atoms with Gasteiger partial charge in [-0.05, 0) is 43.0 Å². The molecule has 8 heteroatoms. The molecule has 3 heterocycles. The number of benzene rings is 1. The quantitative estimate of drug-likeness (QED) is 0.515. The molecule has 150 valence electrons. The summed E-state index contributed by atoms with van der Waals surface area (Å²) in [4.78, 5) is 37.8. The Balaban J connectivity index is 1.45. The van der Waals surface area contributed by atoms with E-state index >= 15 is 0 Å². The number of aliphatic hydroxyl groups is 1. The SMILES string of the molecule is O=C1CCC(N2Cc3cc(CNC4(CO)CCCNC4)ccc3C2=O)C(=O)N1. The molecule has 0 aromatic heterocycles. The molecule has 0 bridgehead atoms. The Morgan fingerprint density at radius 3 is 2.86 bits per heavy atom. The Kier molecular flexibility index (Phi) is 5.18. The van der Waals surface area contributed by atoms with Gasteiger partial charge in [-0.1, -0.05) is 12.1 Å². The Morgan fingerprint density at radius 2 is 2.14 bits per heavy atom. The summed E-state index contributed by atoms with van der Waals surface area (Å²) in [6.07, 6.45) is 2.56. The van der Waals surface area contributed by atoms with E-state index in [0.29, 0.717) is 25.1 Å². The minimum absolute atomic E-state index is 0.0761. The van der Waals surface area contributed by atoms with Crippen LogP contribution in [0.2, 0.25) is 0 Å². The molecule has 0 radical (unpaired) electrons. The Labute approximate surface area is 163 Å². The molecule has 28 heavy (non-hydrogen) atoms. The largest absolute Gasteiger partial charge is 0.394 e. The zero-order valence-electron chi connectivity index (χ0n) is 15.8. The normalized spacial score (nSPS) is 27.7. The number of hydrogen-bond acceptors (Lipinski definition) is 6. The van der Waals surface area contributed by atoms with Gasteiger partial charge in [0, 0.05) is 31.6 Å². The number of piperidine rings is 2. The molecule has 3 amide bonds. The second-order valence-electron chi connectivity index (χ2n) is 7.96. The standard InChI is InChI=1S/C20H26N4O4/c25-12-20(6-1-7-21-11-20)22-9-13-2-3-15-14(8-13)10-24(19(15)28)16-4-5-17(26)23-18(16)27/h2-3,8,16,21-22,25H,1,4-7,9-12H2,(H,23,26,27). The number of nitrogens with one attached hydrogen (secondary N) is 3. The van der Waals surface area contributed by atoms with E-state index < -0.39 is 11.9 Å². The van der Waals surface area contributed by atoms with Crippen molar-refractivity contribution in [1.29, 1.82) is 0 Å². The molecule has 4 rings (SSSR count). The third-order valence-corrected chi connectivity index (χ3v) is 6.03. The topological polar surface area (TPSA) is 111 Å². The average molecular weight is 386 g/mol. The first-order chi connectivity index (χ1) is 13.5. The lowest BCUT2D eigenvalue weighted by atomic mass is 9.90. The number of carbonyl (C=O) groups excluding carboxylic acids is 3. The van der Waals surface area contributed by atoms with Crippen LogP contribution in [0.15, 0.2) is 18.2 Å². The highest BCUT2D eigenvalue weighted by Gasteiger charge is 2.39. The molecular formula is C20H26N4O4. The van der Waals surface area contributed by atoms with Crippen LogP contribution in [0.5, 0.6) is 0 Å². The Bertz CT molecular complexity index is 803. The first-order valence-corrected chi connectivity index (χ1v) is 9.84. The molecule has 1 aromatic carbocycles. The number of imide groups is 1. The number of hydrogen-bond donors (Lipinski definition) is 4. The molecule has 3 aliphatic heterocycles. The summed E-state index contributed by atoms with van der Waals surface area (Å²) in [5, 5.41) is 18.9. The van der Waals surface area contributed by atoms with Gasteiger partial charge in [-0.15, -0.1) is 0 Å². The lowest BCUT2D eigenvalue weighted by Gasteiger charge is -2.37. The lowest BCUT2D eigenvalue weighted by molar-refractivity contribution is -0.136. The maximum atomic E-state index is 12.7. The van der Waals surface area contributed by atoms with Gasteiger partial charge in [-0.3, -0.25) is 19.7 Å². The molecule has 0 spiro atoms. The molecule has 4 N–H and O–H groups in total. The minimum atomic E-state index is -0.592. The lowest BCUT2D eigenvalue weighted by Crippen LogP contribution is -2.57. The van der Waals surface area contributed by atoms with Gasteiger partial charge in [0.25, 0.3) is 5.91 Å². The summed E-state index contributed by atoms with van der Waals surface area (Å²) in [5.74, 6) is -0.838. The zero-order chi connectivity index (χ0) is 19.7. The van der Waals surface area contributed by atoms with Crippen LogP contribution in [0.4, 0.5) is 0 Å². The highest BCUT2D eigenvalue weighted by atomic mass is 16.3. The Hall–Kier alpha value is -2.29. The summed E-state index contributed by atoms with van der Waals surface area (Å²) in [7, 11) is 0. The summed E-state index contributed by atoms with van der Waals surface area (Å²) in [6.45, 7) is 2.76. The minimum Gasteiger partial charge on any atom is -0.394 e. The van der Waals surface area contributed by atoms with Gasteiger partial charge in [0.1, 0.15) is 6.04 Å². The predicted molar refractivity (Wildman–Crippen MR) is 101 cm³/mol. The van der Waals surface area contributed by atoms with Crippen molar-refractivity contribution in [3.63, 3.8) is 0 Å². The van der Waals surface area contributed by atoms with Crippen LogP contribution in [0.25, 0.3) is 0 Å². The van der Waals surface area contributed by atoms with Crippen molar-refractivity contribution in [3.8, 4) is 0 Å². The average Bonchev–Trinajstić information content (AvgIpc) is 3.03. The summed E-state index contributed by atoms with van der Waals surface area (Å²) >= 11 is 0. The third kappa shape index (κ3) is 3.55. The molecule has 1 aromatic rings. The van der Waals surface area contributed by atoms with E-state index in [1.165, 1.54) is 0 Å². The van der Waals surface area contributed by atoms with Crippen molar-refractivity contribution >= 4 is 17.7 Å². The van der Waals surface area contributed by atoms with Gasteiger partial charge in [0.05, 0.1) is 12.1 Å². The van der Waals surface area contributed by atoms with Crippen LogP contribution in [-0.4, -0.2) is 59.0 Å². The van der Waals surface area contributed by atoms with Gasteiger partial charge in [-0.2, -0.15) is 0 Å². The van der Waals surface area contributed by atoms with E-state index in [9.17, 15) is 19.5 Å². The van der Waals surface area contributed by atoms with Crippen molar-refractivity contribution in [2.24, 2.45) is 0 Å². The number of nitrogens with zero attached hydrogens (tertiary/aromatic N) is 1. The van der Waals surface area contributed by atoms with Crippen molar-refractivity contribution in [3.05, 3.63) is 34.9 Å². The highest BCUT2D eigenvalue weighted by Crippen LogP contribution is 2.28. The summed E-state index contributed by atoms with van der Waals surface area (Å²) in [5.41, 5.74) is 2.24. The summed E-state index contributed by atoms with van der Waals surface area (Å²) < 4.78 is 0. The number of aliphatic hydroxyl groups excluding tert-OH is 1. The van der Waals surface area contributed by atoms with Crippen LogP contribution in [-0.2, 0) is 22.7 Å². The molecule has 0 saturated carbocycles. The van der Waals surface area contributed by atoms with Crippen LogP contribution >= 0.6 is 0 Å². The van der Waals surface area contributed by atoms with Crippen LogP contribution < -0.4 is 16.0 Å². The number of amides is 3. The molecule has 8 nitrogen and oxygen atoms in total. The number of fused-ring (bicyclic) bond motifs is 1. The second kappa shape index (κ2) is 7.62. The van der Waals surface area contributed by atoms with E-state index in [0.717, 1.165) is 37.1 Å². The van der Waals surface area contributed by atoms with Gasteiger partial charge in [0.15, 0.2) is 0 Å². The summed E-state index contributed by atoms with van der Waals surface area (Å²) in [6, 6.07) is 5.13. The zero-order valence-corrected chi connectivity index (χ0v) is 15.8.